The molecule has 22 heavy (non-hydrogen) atoms. The summed E-state index contributed by atoms with van der Waals surface area (Å²) < 4.78 is 0. The summed E-state index contributed by atoms with van der Waals surface area (Å²) in [6.45, 7) is 0. The van der Waals surface area contributed by atoms with Crippen molar-refractivity contribution < 1.29 is 9.59 Å². The maximum absolute atomic E-state index is 11.1. The van der Waals surface area contributed by atoms with Crippen LogP contribution in [-0.2, 0) is 0 Å². The number of carbonyl (C=O) groups is 2. The molecule has 0 aliphatic heterocycles. The maximum atomic E-state index is 11.1. The SMILES string of the molecule is O=Cc1ccccc1-c1ccc(-c2ccccc2C=O)cc1. The Hall–Kier alpha value is -3.00. The molecule has 0 unspecified atom stereocenters. The molecule has 106 valence electrons. The van der Waals surface area contributed by atoms with Crippen LogP contribution in [0.25, 0.3) is 22.3 Å². The molecule has 0 bridgehead atoms. The Morgan fingerprint density at radius 3 is 1.23 bits per heavy atom. The van der Waals surface area contributed by atoms with E-state index in [1.807, 2.05) is 60.7 Å². The molecule has 0 aliphatic rings. The fraction of sp³-hybridized carbons (Fsp3) is 0. The van der Waals surface area contributed by atoms with E-state index >= 15 is 0 Å². The molecule has 3 rings (SSSR count). The summed E-state index contributed by atoms with van der Waals surface area (Å²) in [5.74, 6) is 0. The van der Waals surface area contributed by atoms with Crippen LogP contribution in [0.2, 0.25) is 0 Å². The van der Waals surface area contributed by atoms with E-state index in [0.717, 1.165) is 34.8 Å². The van der Waals surface area contributed by atoms with E-state index in [1.165, 1.54) is 0 Å². The number of aldehydes is 2. The minimum Gasteiger partial charge on any atom is -0.298 e. The average Bonchev–Trinajstić information content (AvgIpc) is 2.62. The average molecular weight is 286 g/mol. The second-order valence-electron chi connectivity index (χ2n) is 4.99. The molecule has 0 saturated heterocycles. The van der Waals surface area contributed by atoms with E-state index in [9.17, 15) is 9.59 Å². The molecule has 0 aromatic heterocycles. The highest BCUT2D eigenvalue weighted by molar-refractivity contribution is 5.90. The summed E-state index contributed by atoms with van der Waals surface area (Å²) in [5, 5.41) is 0. The lowest BCUT2D eigenvalue weighted by molar-refractivity contribution is 0.111. The van der Waals surface area contributed by atoms with Crippen LogP contribution in [0.5, 0.6) is 0 Å². The van der Waals surface area contributed by atoms with Gasteiger partial charge in [-0.25, -0.2) is 0 Å². The monoisotopic (exact) mass is 286 g/mol. The summed E-state index contributed by atoms with van der Waals surface area (Å²) in [4.78, 5) is 22.3. The predicted octanol–water partition coefficient (Wildman–Crippen LogP) is 4.65. The molecule has 0 spiro atoms. The van der Waals surface area contributed by atoms with E-state index in [0.29, 0.717) is 11.1 Å². The topological polar surface area (TPSA) is 34.1 Å². The lowest BCUT2D eigenvalue weighted by Gasteiger charge is -2.08. The van der Waals surface area contributed by atoms with Crippen LogP contribution in [0.15, 0.2) is 72.8 Å². The standard InChI is InChI=1S/C20H14O2/c21-13-17-5-1-3-7-19(17)15-9-11-16(12-10-15)20-8-4-2-6-18(20)14-22/h1-14H. The molecule has 3 aromatic rings. The van der Waals surface area contributed by atoms with Gasteiger partial charge in [-0.3, -0.25) is 9.59 Å². The minimum atomic E-state index is 0.670. The Kier molecular flexibility index (Phi) is 3.92. The molecule has 0 heterocycles. The molecule has 0 radical (unpaired) electrons. The third-order valence-corrected chi connectivity index (χ3v) is 3.68. The second kappa shape index (κ2) is 6.19. The van der Waals surface area contributed by atoms with Crippen molar-refractivity contribution in [2.24, 2.45) is 0 Å². The molecular formula is C20H14O2. The van der Waals surface area contributed by atoms with E-state index in [2.05, 4.69) is 0 Å². The lowest BCUT2D eigenvalue weighted by Crippen LogP contribution is -1.89. The van der Waals surface area contributed by atoms with Gasteiger partial charge in [0.15, 0.2) is 12.6 Å². The summed E-state index contributed by atoms with van der Waals surface area (Å²) in [6.07, 6.45) is 1.73. The summed E-state index contributed by atoms with van der Waals surface area (Å²) in [5.41, 5.74) is 5.12. The smallest absolute Gasteiger partial charge is 0.150 e. The van der Waals surface area contributed by atoms with Crippen molar-refractivity contribution in [3.63, 3.8) is 0 Å². The Balaban J connectivity index is 2.03. The van der Waals surface area contributed by atoms with Gasteiger partial charge < -0.3 is 0 Å². The predicted molar refractivity (Wildman–Crippen MR) is 88.1 cm³/mol. The molecule has 2 nitrogen and oxygen atoms in total. The minimum absolute atomic E-state index is 0.670. The van der Waals surface area contributed by atoms with Gasteiger partial charge in [0.25, 0.3) is 0 Å². The first-order valence-corrected chi connectivity index (χ1v) is 7.02. The van der Waals surface area contributed by atoms with Gasteiger partial charge in [-0.1, -0.05) is 72.8 Å². The first kappa shape index (κ1) is 14.0. The van der Waals surface area contributed by atoms with Gasteiger partial charge in [0, 0.05) is 11.1 Å². The normalized spacial score (nSPS) is 10.2. The molecule has 0 saturated carbocycles. The van der Waals surface area contributed by atoms with Crippen LogP contribution in [0, 0.1) is 0 Å². The molecule has 0 atom stereocenters. The van der Waals surface area contributed by atoms with Crippen molar-refractivity contribution in [2.45, 2.75) is 0 Å². The molecule has 0 amide bonds. The number of benzene rings is 3. The summed E-state index contributed by atoms with van der Waals surface area (Å²) in [7, 11) is 0. The van der Waals surface area contributed by atoms with Gasteiger partial charge in [0.05, 0.1) is 0 Å². The quantitative estimate of drug-likeness (QED) is 0.654. The largest absolute Gasteiger partial charge is 0.298 e. The number of hydrogen-bond donors (Lipinski definition) is 0. The fourth-order valence-electron chi connectivity index (χ4n) is 2.55. The van der Waals surface area contributed by atoms with Crippen molar-refractivity contribution in [1.29, 1.82) is 0 Å². The van der Waals surface area contributed by atoms with E-state index in [4.69, 9.17) is 0 Å². The van der Waals surface area contributed by atoms with Gasteiger partial charge in [-0.15, -0.1) is 0 Å². The number of rotatable bonds is 4. The molecule has 2 heteroatoms. The molecule has 3 aromatic carbocycles. The van der Waals surface area contributed by atoms with Crippen LogP contribution < -0.4 is 0 Å². The van der Waals surface area contributed by atoms with Gasteiger partial charge in [0.1, 0.15) is 0 Å². The zero-order valence-corrected chi connectivity index (χ0v) is 11.9. The van der Waals surface area contributed by atoms with Gasteiger partial charge in [0.2, 0.25) is 0 Å². The van der Waals surface area contributed by atoms with Crippen molar-refractivity contribution in [2.75, 3.05) is 0 Å². The number of carbonyl (C=O) groups excluding carboxylic acids is 2. The molecule has 0 N–H and O–H groups in total. The van der Waals surface area contributed by atoms with Crippen LogP contribution in [0.1, 0.15) is 20.7 Å². The number of hydrogen-bond acceptors (Lipinski definition) is 2. The second-order valence-corrected chi connectivity index (χ2v) is 4.99. The zero-order valence-electron chi connectivity index (χ0n) is 11.9. The van der Waals surface area contributed by atoms with E-state index < -0.39 is 0 Å². The highest BCUT2D eigenvalue weighted by Crippen LogP contribution is 2.27. The van der Waals surface area contributed by atoms with Crippen LogP contribution in [0.3, 0.4) is 0 Å². The summed E-state index contributed by atoms with van der Waals surface area (Å²) >= 11 is 0. The van der Waals surface area contributed by atoms with E-state index in [-0.39, 0.29) is 0 Å². The molecule has 0 aliphatic carbocycles. The molecule has 0 fully saturated rings. The van der Waals surface area contributed by atoms with E-state index in [1.54, 1.807) is 12.1 Å². The first-order valence-electron chi connectivity index (χ1n) is 7.02. The van der Waals surface area contributed by atoms with Crippen LogP contribution >= 0.6 is 0 Å². The lowest BCUT2D eigenvalue weighted by atomic mass is 9.96. The Morgan fingerprint density at radius 1 is 0.500 bits per heavy atom. The third kappa shape index (κ3) is 2.59. The molecular weight excluding hydrogens is 272 g/mol. The van der Waals surface area contributed by atoms with Gasteiger partial charge in [-0.2, -0.15) is 0 Å². The maximum Gasteiger partial charge on any atom is 0.150 e. The highest BCUT2D eigenvalue weighted by atomic mass is 16.1. The Labute approximate surface area is 129 Å². The van der Waals surface area contributed by atoms with Gasteiger partial charge >= 0.3 is 0 Å². The third-order valence-electron chi connectivity index (χ3n) is 3.68. The fourth-order valence-corrected chi connectivity index (χ4v) is 2.55. The van der Waals surface area contributed by atoms with Crippen LogP contribution in [0.4, 0.5) is 0 Å². The van der Waals surface area contributed by atoms with Gasteiger partial charge in [-0.05, 0) is 22.3 Å². The summed E-state index contributed by atoms with van der Waals surface area (Å²) in [6, 6.07) is 22.9. The zero-order chi connectivity index (χ0) is 15.4. The van der Waals surface area contributed by atoms with Crippen LogP contribution in [-0.4, -0.2) is 12.6 Å². The highest BCUT2D eigenvalue weighted by Gasteiger charge is 2.06. The van der Waals surface area contributed by atoms with Crippen molar-refractivity contribution in [3.05, 3.63) is 83.9 Å². The van der Waals surface area contributed by atoms with Crippen molar-refractivity contribution in [1.82, 2.24) is 0 Å². The Bertz CT molecular complexity index is 747. The Morgan fingerprint density at radius 2 is 0.864 bits per heavy atom. The van der Waals surface area contributed by atoms with Crippen molar-refractivity contribution in [3.8, 4) is 22.3 Å². The van der Waals surface area contributed by atoms with Crippen molar-refractivity contribution >= 4 is 12.6 Å². The first-order chi connectivity index (χ1) is 10.8.